The lowest BCUT2D eigenvalue weighted by Crippen LogP contribution is -2.32. The fourth-order valence-electron chi connectivity index (χ4n) is 2.36. The molecule has 1 fully saturated rings. The number of amides is 2. The van der Waals surface area contributed by atoms with Gasteiger partial charge in [0.1, 0.15) is 0 Å². The highest BCUT2D eigenvalue weighted by Gasteiger charge is 2.30. The summed E-state index contributed by atoms with van der Waals surface area (Å²) in [6.07, 6.45) is 2.16. The van der Waals surface area contributed by atoms with Crippen LogP contribution in [-0.2, 0) is 16.0 Å². The van der Waals surface area contributed by atoms with Gasteiger partial charge in [-0.1, -0.05) is 18.2 Å². The Balaban J connectivity index is 1.62. The number of rotatable bonds is 6. The van der Waals surface area contributed by atoms with Crippen molar-refractivity contribution in [3.8, 4) is 0 Å². The summed E-state index contributed by atoms with van der Waals surface area (Å²) in [6, 6.07) is 9.60. The van der Waals surface area contributed by atoms with E-state index in [4.69, 9.17) is 0 Å². The highest BCUT2D eigenvalue weighted by Crippen LogP contribution is 2.30. The second-order valence-corrected chi connectivity index (χ2v) is 6.42. The number of aromatic nitrogens is 1. The number of nitrogens with one attached hydrogen (secondary N) is 1. The predicted molar refractivity (Wildman–Crippen MR) is 91.6 cm³/mol. The second kappa shape index (κ2) is 6.91. The minimum atomic E-state index is 0.00377. The van der Waals surface area contributed by atoms with Crippen LogP contribution in [0.1, 0.15) is 25.5 Å². The minimum absolute atomic E-state index is 0.00377. The molecule has 1 aromatic heterocycles. The Hall–Kier alpha value is -2.21. The molecule has 1 N–H and O–H groups in total. The molecule has 2 amide bonds. The SMILES string of the molecule is CCN(C(=O)Cc1csc(NC(=O)C2CC2)n1)c1ccccc1. The van der Waals surface area contributed by atoms with Gasteiger partial charge in [-0.15, -0.1) is 11.3 Å². The lowest BCUT2D eigenvalue weighted by atomic mass is 10.2. The number of thiazole rings is 1. The van der Waals surface area contributed by atoms with Gasteiger partial charge in [0.25, 0.3) is 0 Å². The van der Waals surface area contributed by atoms with E-state index in [2.05, 4.69) is 10.3 Å². The summed E-state index contributed by atoms with van der Waals surface area (Å²) in [5.41, 5.74) is 1.58. The van der Waals surface area contributed by atoms with Gasteiger partial charge in [0.05, 0.1) is 12.1 Å². The van der Waals surface area contributed by atoms with Crippen LogP contribution in [0.5, 0.6) is 0 Å². The monoisotopic (exact) mass is 329 g/mol. The van der Waals surface area contributed by atoms with Crippen LogP contribution < -0.4 is 10.2 Å². The van der Waals surface area contributed by atoms with E-state index in [0.717, 1.165) is 18.5 Å². The quantitative estimate of drug-likeness (QED) is 0.886. The van der Waals surface area contributed by atoms with E-state index in [1.165, 1.54) is 11.3 Å². The third-order valence-corrected chi connectivity index (χ3v) is 4.55. The minimum Gasteiger partial charge on any atom is -0.312 e. The number of carbonyl (C=O) groups excluding carboxylic acids is 2. The van der Waals surface area contributed by atoms with Gasteiger partial charge in [-0.2, -0.15) is 0 Å². The predicted octanol–water partition coefficient (Wildman–Crippen LogP) is 3.09. The largest absolute Gasteiger partial charge is 0.312 e. The van der Waals surface area contributed by atoms with Gasteiger partial charge in [-0.25, -0.2) is 4.98 Å². The molecule has 0 aliphatic heterocycles. The number of anilines is 2. The smallest absolute Gasteiger partial charge is 0.233 e. The van der Waals surface area contributed by atoms with Gasteiger partial charge >= 0.3 is 0 Å². The van der Waals surface area contributed by atoms with Crippen LogP contribution in [0.25, 0.3) is 0 Å². The van der Waals surface area contributed by atoms with Crippen molar-refractivity contribution in [3.05, 3.63) is 41.4 Å². The van der Waals surface area contributed by atoms with Crippen molar-refractivity contribution < 1.29 is 9.59 Å². The van der Waals surface area contributed by atoms with Crippen LogP contribution in [0.2, 0.25) is 0 Å². The molecular weight excluding hydrogens is 310 g/mol. The topological polar surface area (TPSA) is 62.3 Å². The molecule has 1 aliphatic rings. The van der Waals surface area contributed by atoms with Crippen molar-refractivity contribution in [3.63, 3.8) is 0 Å². The molecule has 1 heterocycles. The number of benzene rings is 1. The molecule has 0 saturated heterocycles. The van der Waals surface area contributed by atoms with Crippen LogP contribution >= 0.6 is 11.3 Å². The highest BCUT2D eigenvalue weighted by molar-refractivity contribution is 7.13. The Kier molecular flexibility index (Phi) is 4.71. The number of nitrogens with zero attached hydrogens (tertiary/aromatic N) is 2. The van der Waals surface area contributed by atoms with Crippen molar-refractivity contribution in [2.24, 2.45) is 5.92 Å². The average molecular weight is 329 g/mol. The van der Waals surface area contributed by atoms with Gasteiger partial charge < -0.3 is 10.2 Å². The van der Waals surface area contributed by atoms with Crippen LogP contribution in [0.4, 0.5) is 10.8 Å². The van der Waals surface area contributed by atoms with Crippen LogP contribution in [0.15, 0.2) is 35.7 Å². The maximum atomic E-state index is 12.5. The van der Waals surface area contributed by atoms with Gasteiger partial charge in [-0.05, 0) is 31.9 Å². The molecule has 1 aliphatic carbocycles. The Morgan fingerprint density at radius 3 is 2.70 bits per heavy atom. The van der Waals surface area contributed by atoms with Crippen LogP contribution in [0, 0.1) is 5.92 Å². The first-order valence-corrected chi connectivity index (χ1v) is 8.66. The zero-order valence-corrected chi connectivity index (χ0v) is 13.8. The zero-order valence-electron chi connectivity index (χ0n) is 13.0. The number of likely N-dealkylation sites (N-methyl/N-ethyl adjacent to an activating group) is 1. The molecule has 6 heteroatoms. The van der Waals surface area contributed by atoms with Gasteiger partial charge in [0.2, 0.25) is 11.8 Å². The molecule has 1 saturated carbocycles. The molecular formula is C17H19N3O2S. The summed E-state index contributed by atoms with van der Waals surface area (Å²) in [7, 11) is 0. The van der Waals surface area contributed by atoms with Crippen molar-refractivity contribution in [2.45, 2.75) is 26.2 Å². The second-order valence-electron chi connectivity index (χ2n) is 5.56. The maximum Gasteiger partial charge on any atom is 0.233 e. The fraction of sp³-hybridized carbons (Fsp3) is 0.353. The van der Waals surface area contributed by atoms with Gasteiger partial charge in [-0.3, -0.25) is 9.59 Å². The summed E-state index contributed by atoms with van der Waals surface area (Å²) in [5, 5.41) is 5.22. The third kappa shape index (κ3) is 3.96. The molecule has 2 aromatic rings. The summed E-state index contributed by atoms with van der Waals surface area (Å²) in [6.45, 7) is 2.56. The van der Waals surface area contributed by atoms with E-state index in [-0.39, 0.29) is 24.2 Å². The first-order valence-electron chi connectivity index (χ1n) is 7.78. The Morgan fingerprint density at radius 1 is 1.30 bits per heavy atom. The maximum absolute atomic E-state index is 12.5. The van der Waals surface area contributed by atoms with E-state index in [1.54, 1.807) is 4.90 Å². The highest BCUT2D eigenvalue weighted by atomic mass is 32.1. The Bertz CT molecular complexity index is 695. The first-order chi connectivity index (χ1) is 11.2. The average Bonchev–Trinajstić information content (AvgIpc) is 3.32. The van der Waals surface area contributed by atoms with Crippen molar-refractivity contribution >= 4 is 34.0 Å². The van der Waals surface area contributed by atoms with Crippen LogP contribution in [-0.4, -0.2) is 23.3 Å². The van der Waals surface area contributed by atoms with E-state index in [0.29, 0.717) is 17.4 Å². The number of hydrogen-bond acceptors (Lipinski definition) is 4. The van der Waals surface area contributed by atoms with E-state index in [9.17, 15) is 9.59 Å². The van der Waals surface area contributed by atoms with Gasteiger partial charge in [0, 0.05) is 23.5 Å². The number of para-hydroxylation sites is 1. The molecule has 0 atom stereocenters. The summed E-state index contributed by atoms with van der Waals surface area (Å²) >= 11 is 1.37. The van der Waals surface area contributed by atoms with Crippen LogP contribution in [0.3, 0.4) is 0 Å². The third-order valence-electron chi connectivity index (χ3n) is 3.75. The Labute approximate surface area is 139 Å². The molecule has 0 bridgehead atoms. The number of hydrogen-bond donors (Lipinski definition) is 1. The fourth-order valence-corrected chi connectivity index (χ4v) is 3.07. The molecule has 3 rings (SSSR count). The van der Waals surface area contributed by atoms with E-state index < -0.39 is 0 Å². The molecule has 0 spiro atoms. The molecule has 5 nitrogen and oxygen atoms in total. The van der Waals surface area contributed by atoms with Crippen molar-refractivity contribution in [2.75, 3.05) is 16.8 Å². The van der Waals surface area contributed by atoms with Crippen molar-refractivity contribution in [1.82, 2.24) is 4.98 Å². The summed E-state index contributed by atoms with van der Waals surface area (Å²) in [4.78, 5) is 30.3. The lowest BCUT2D eigenvalue weighted by Gasteiger charge is -2.20. The molecule has 23 heavy (non-hydrogen) atoms. The molecule has 120 valence electrons. The lowest BCUT2D eigenvalue weighted by molar-refractivity contribution is -0.118. The first kappa shape index (κ1) is 15.7. The molecule has 0 radical (unpaired) electrons. The van der Waals surface area contributed by atoms with Crippen molar-refractivity contribution in [1.29, 1.82) is 0 Å². The standard InChI is InChI=1S/C17H19N3O2S/c1-2-20(14-6-4-3-5-7-14)15(21)10-13-11-23-17(18-13)19-16(22)12-8-9-12/h3-7,11-12H,2,8-10H2,1H3,(H,18,19,22). The van der Waals surface area contributed by atoms with Gasteiger partial charge in [0.15, 0.2) is 5.13 Å². The summed E-state index contributed by atoms with van der Waals surface area (Å²) < 4.78 is 0. The zero-order chi connectivity index (χ0) is 16.2. The molecule has 0 unspecified atom stereocenters. The van der Waals surface area contributed by atoms with E-state index in [1.807, 2.05) is 42.6 Å². The summed E-state index contributed by atoms with van der Waals surface area (Å²) in [5.74, 6) is 0.193. The Morgan fingerprint density at radius 2 is 2.04 bits per heavy atom. The molecule has 1 aromatic carbocycles. The normalized spacial score (nSPS) is 13.6. The van der Waals surface area contributed by atoms with E-state index >= 15 is 0 Å². The number of carbonyl (C=O) groups is 2.